The molecule has 5 nitrogen and oxygen atoms in total. The van der Waals surface area contributed by atoms with Crippen LogP contribution in [0.4, 0.5) is 11.4 Å². The highest BCUT2D eigenvalue weighted by Gasteiger charge is 2.10. The van der Waals surface area contributed by atoms with Gasteiger partial charge in [0.2, 0.25) is 0 Å². The minimum Gasteiger partial charge on any atom is -0.482 e. The van der Waals surface area contributed by atoms with Crippen LogP contribution in [0.2, 0.25) is 10.0 Å². The fourth-order valence-corrected chi connectivity index (χ4v) is 2.80. The molecule has 7 heteroatoms. The van der Waals surface area contributed by atoms with E-state index in [0.717, 1.165) is 0 Å². The van der Waals surface area contributed by atoms with Crippen LogP contribution in [0.25, 0.3) is 0 Å². The predicted octanol–water partition coefficient (Wildman–Crippen LogP) is 5.26. The topological polar surface area (TPSA) is 67.4 Å². The lowest BCUT2D eigenvalue weighted by molar-refractivity contribution is -0.118. The molecule has 0 unspecified atom stereocenters. The lowest BCUT2D eigenvalue weighted by atomic mass is 10.2. The zero-order valence-corrected chi connectivity index (χ0v) is 16.1. The zero-order valence-electron chi connectivity index (χ0n) is 14.6. The van der Waals surface area contributed by atoms with Crippen LogP contribution in [-0.2, 0) is 4.79 Å². The lowest BCUT2D eigenvalue weighted by Gasteiger charge is -2.11. The molecule has 0 saturated carbocycles. The summed E-state index contributed by atoms with van der Waals surface area (Å²) in [6.45, 7) is -0.201. The van der Waals surface area contributed by atoms with Gasteiger partial charge in [0.1, 0.15) is 5.75 Å². The first-order valence-electron chi connectivity index (χ1n) is 8.36. The maximum Gasteiger partial charge on any atom is 0.262 e. The van der Waals surface area contributed by atoms with Crippen molar-refractivity contribution in [3.8, 4) is 5.75 Å². The number of benzene rings is 3. The van der Waals surface area contributed by atoms with Crippen molar-refractivity contribution in [3.63, 3.8) is 0 Å². The second-order valence-corrected chi connectivity index (χ2v) is 6.60. The van der Waals surface area contributed by atoms with Gasteiger partial charge in [-0.3, -0.25) is 9.59 Å². The molecular weight excluding hydrogens is 399 g/mol. The van der Waals surface area contributed by atoms with Gasteiger partial charge in [-0.05, 0) is 42.5 Å². The summed E-state index contributed by atoms with van der Waals surface area (Å²) in [5.41, 5.74) is 1.45. The minimum atomic E-state index is -0.364. The molecule has 0 fully saturated rings. The molecule has 142 valence electrons. The average Bonchev–Trinajstić information content (AvgIpc) is 2.70. The molecule has 0 aromatic heterocycles. The van der Waals surface area contributed by atoms with Crippen LogP contribution in [0.15, 0.2) is 72.8 Å². The highest BCUT2D eigenvalue weighted by molar-refractivity contribution is 6.34. The van der Waals surface area contributed by atoms with E-state index in [1.807, 2.05) is 6.07 Å². The van der Waals surface area contributed by atoms with E-state index in [1.54, 1.807) is 66.7 Å². The summed E-state index contributed by atoms with van der Waals surface area (Å²) in [5.74, 6) is -0.208. The molecule has 0 aliphatic heterocycles. The Hall–Kier alpha value is -3.02. The van der Waals surface area contributed by atoms with E-state index in [2.05, 4.69) is 10.6 Å². The Morgan fingerprint density at radius 1 is 0.821 bits per heavy atom. The molecule has 3 rings (SSSR count). The lowest BCUT2D eigenvalue weighted by Crippen LogP contribution is -2.20. The molecule has 2 amide bonds. The normalized spacial score (nSPS) is 10.2. The summed E-state index contributed by atoms with van der Waals surface area (Å²) in [4.78, 5) is 24.3. The first kappa shape index (κ1) is 19.7. The molecule has 0 spiro atoms. The molecule has 3 aromatic carbocycles. The Labute approximate surface area is 172 Å². The number of hydrogen-bond acceptors (Lipinski definition) is 3. The summed E-state index contributed by atoms with van der Waals surface area (Å²) < 4.78 is 5.39. The van der Waals surface area contributed by atoms with Gasteiger partial charge in [-0.1, -0.05) is 53.5 Å². The number of amides is 2. The van der Waals surface area contributed by atoms with Gasteiger partial charge in [0.05, 0.1) is 15.7 Å². The number of halogens is 2. The van der Waals surface area contributed by atoms with E-state index >= 15 is 0 Å². The molecule has 3 aromatic rings. The molecule has 0 atom stereocenters. The van der Waals surface area contributed by atoms with E-state index in [9.17, 15) is 9.59 Å². The minimum absolute atomic E-state index is 0.201. The van der Waals surface area contributed by atoms with Crippen molar-refractivity contribution in [1.82, 2.24) is 0 Å². The predicted molar refractivity (Wildman–Crippen MR) is 111 cm³/mol. The van der Waals surface area contributed by atoms with Crippen LogP contribution in [0.3, 0.4) is 0 Å². The van der Waals surface area contributed by atoms with E-state index < -0.39 is 0 Å². The van der Waals surface area contributed by atoms with Crippen molar-refractivity contribution in [1.29, 1.82) is 0 Å². The molecule has 2 N–H and O–H groups in total. The van der Waals surface area contributed by atoms with Gasteiger partial charge in [-0.15, -0.1) is 0 Å². The van der Waals surface area contributed by atoms with E-state index in [4.69, 9.17) is 27.9 Å². The van der Waals surface area contributed by atoms with Gasteiger partial charge in [-0.2, -0.15) is 0 Å². The molecular formula is C21H16Cl2N2O3. The summed E-state index contributed by atoms with van der Waals surface area (Å²) in [6.07, 6.45) is 0. The van der Waals surface area contributed by atoms with Crippen molar-refractivity contribution in [3.05, 3.63) is 88.4 Å². The largest absolute Gasteiger partial charge is 0.482 e. The number of para-hydroxylation sites is 1. The Balaban J connectivity index is 1.58. The smallest absolute Gasteiger partial charge is 0.262 e. The number of ether oxygens (including phenoxy) is 1. The Morgan fingerprint density at radius 2 is 1.54 bits per heavy atom. The van der Waals surface area contributed by atoms with Gasteiger partial charge >= 0.3 is 0 Å². The highest BCUT2D eigenvalue weighted by atomic mass is 35.5. The molecule has 0 radical (unpaired) electrons. The third-order valence-electron chi connectivity index (χ3n) is 3.73. The molecule has 0 heterocycles. The van der Waals surface area contributed by atoms with Gasteiger partial charge in [0.15, 0.2) is 6.61 Å². The van der Waals surface area contributed by atoms with Gasteiger partial charge in [0, 0.05) is 11.3 Å². The summed E-state index contributed by atoms with van der Waals surface area (Å²) in [7, 11) is 0. The second-order valence-electron chi connectivity index (χ2n) is 5.78. The maximum absolute atomic E-state index is 12.2. The third kappa shape index (κ3) is 5.25. The van der Waals surface area contributed by atoms with Crippen LogP contribution in [0.1, 0.15) is 10.4 Å². The number of nitrogens with one attached hydrogen (secondary N) is 2. The second kappa shape index (κ2) is 9.26. The highest BCUT2D eigenvalue weighted by Crippen LogP contribution is 2.26. The van der Waals surface area contributed by atoms with Crippen molar-refractivity contribution < 1.29 is 14.3 Å². The number of anilines is 2. The number of carbonyl (C=O) groups is 2. The quantitative estimate of drug-likeness (QED) is 0.577. The van der Waals surface area contributed by atoms with Crippen LogP contribution in [0.5, 0.6) is 5.75 Å². The van der Waals surface area contributed by atoms with Crippen molar-refractivity contribution >= 4 is 46.4 Å². The Morgan fingerprint density at radius 3 is 2.25 bits per heavy atom. The van der Waals surface area contributed by atoms with Crippen LogP contribution in [-0.4, -0.2) is 18.4 Å². The van der Waals surface area contributed by atoms with E-state index in [1.165, 1.54) is 0 Å². The molecule has 0 saturated heterocycles. The number of rotatable bonds is 6. The Bertz CT molecular complexity index is 994. The SMILES string of the molecule is O=C(COc1ccccc1Cl)Nc1ccc(NC(=O)c2ccccc2)c(Cl)c1. The van der Waals surface area contributed by atoms with Crippen molar-refractivity contribution in [2.24, 2.45) is 0 Å². The average molecular weight is 415 g/mol. The Kier molecular flexibility index (Phi) is 6.53. The maximum atomic E-state index is 12.2. The van der Waals surface area contributed by atoms with E-state index in [0.29, 0.717) is 32.7 Å². The first-order valence-corrected chi connectivity index (χ1v) is 9.11. The van der Waals surface area contributed by atoms with Crippen LogP contribution < -0.4 is 15.4 Å². The molecule has 0 bridgehead atoms. The van der Waals surface area contributed by atoms with Crippen molar-refractivity contribution in [2.75, 3.05) is 17.2 Å². The summed E-state index contributed by atoms with van der Waals surface area (Å²) in [6, 6.07) is 20.5. The number of carbonyl (C=O) groups excluding carboxylic acids is 2. The standard InChI is InChI=1S/C21H16Cl2N2O3/c22-16-8-4-5-9-19(16)28-13-20(26)24-15-10-11-18(17(23)12-15)25-21(27)14-6-2-1-3-7-14/h1-12H,13H2,(H,24,26)(H,25,27). The van der Waals surface area contributed by atoms with Gasteiger partial charge in [0.25, 0.3) is 11.8 Å². The van der Waals surface area contributed by atoms with Crippen LogP contribution >= 0.6 is 23.2 Å². The summed E-state index contributed by atoms with van der Waals surface area (Å²) >= 11 is 12.2. The third-order valence-corrected chi connectivity index (χ3v) is 4.36. The molecule has 28 heavy (non-hydrogen) atoms. The fraction of sp³-hybridized carbons (Fsp3) is 0.0476. The first-order chi connectivity index (χ1) is 13.5. The fourth-order valence-electron chi connectivity index (χ4n) is 2.38. The van der Waals surface area contributed by atoms with Crippen LogP contribution in [0, 0.1) is 0 Å². The molecule has 0 aliphatic rings. The number of hydrogen-bond donors (Lipinski definition) is 2. The van der Waals surface area contributed by atoms with Gasteiger partial charge in [-0.25, -0.2) is 0 Å². The summed E-state index contributed by atoms with van der Waals surface area (Å²) in [5, 5.41) is 6.15. The van der Waals surface area contributed by atoms with Gasteiger partial charge < -0.3 is 15.4 Å². The van der Waals surface area contributed by atoms with E-state index in [-0.39, 0.29) is 18.4 Å². The zero-order chi connectivity index (χ0) is 19.9. The van der Waals surface area contributed by atoms with Crippen molar-refractivity contribution in [2.45, 2.75) is 0 Å². The monoisotopic (exact) mass is 414 g/mol. The molecule has 0 aliphatic carbocycles.